The van der Waals surface area contributed by atoms with E-state index in [2.05, 4.69) is 49.4 Å². The lowest BCUT2D eigenvalue weighted by molar-refractivity contribution is -0.115. The Labute approximate surface area is 177 Å². The summed E-state index contributed by atoms with van der Waals surface area (Å²) in [5.41, 5.74) is 9.05. The molecule has 0 fully saturated rings. The number of aryl methyl sites for hydroxylation is 5. The van der Waals surface area contributed by atoms with E-state index in [4.69, 9.17) is 4.98 Å². The number of para-hydroxylation sites is 1. The molecule has 2 aromatic heterocycles. The lowest BCUT2D eigenvalue weighted by atomic mass is 10.0. The molecule has 0 spiro atoms. The number of hydrogen-bond acceptors (Lipinski definition) is 2. The van der Waals surface area contributed by atoms with Crippen molar-refractivity contribution in [1.29, 1.82) is 0 Å². The second kappa shape index (κ2) is 7.45. The summed E-state index contributed by atoms with van der Waals surface area (Å²) < 4.78 is 2.10. The van der Waals surface area contributed by atoms with E-state index in [1.54, 1.807) is 6.92 Å². The zero-order valence-electron chi connectivity index (χ0n) is 18.4. The van der Waals surface area contributed by atoms with Crippen molar-refractivity contribution >= 4 is 23.1 Å². The quantitative estimate of drug-likeness (QED) is 0.411. The van der Waals surface area contributed by atoms with E-state index in [1.165, 1.54) is 0 Å². The average molecular weight is 398 g/mol. The molecule has 0 aliphatic rings. The standard InChI is InChI=1S/C26H27N3O/c1-16-14-20(5)28-23(15-16)27-24(22-13-8-7-10-17(22)2)26(28)29(21(6)30)25-18(3)11-9-12-19(25)4/h7-15H,1-6H3. The van der Waals surface area contributed by atoms with Gasteiger partial charge in [0.15, 0.2) is 5.82 Å². The normalized spacial score (nSPS) is 11.1. The van der Waals surface area contributed by atoms with E-state index in [1.807, 2.05) is 49.1 Å². The van der Waals surface area contributed by atoms with Gasteiger partial charge in [0, 0.05) is 18.2 Å². The number of rotatable bonds is 3. The van der Waals surface area contributed by atoms with Crippen molar-refractivity contribution in [3.05, 3.63) is 82.5 Å². The third-order valence-electron chi connectivity index (χ3n) is 5.62. The van der Waals surface area contributed by atoms with Crippen LogP contribution in [0.3, 0.4) is 0 Å². The highest BCUT2D eigenvalue weighted by molar-refractivity contribution is 6.03. The van der Waals surface area contributed by atoms with Crippen LogP contribution in [0.15, 0.2) is 54.6 Å². The third kappa shape index (κ3) is 3.18. The van der Waals surface area contributed by atoms with Gasteiger partial charge in [0.05, 0.1) is 5.69 Å². The number of benzene rings is 2. The van der Waals surface area contributed by atoms with Crippen LogP contribution in [0.2, 0.25) is 0 Å². The van der Waals surface area contributed by atoms with Crippen LogP contribution in [0.1, 0.15) is 34.9 Å². The van der Waals surface area contributed by atoms with Crippen molar-refractivity contribution in [2.75, 3.05) is 4.90 Å². The van der Waals surface area contributed by atoms with Crippen LogP contribution >= 0.6 is 0 Å². The van der Waals surface area contributed by atoms with Gasteiger partial charge < -0.3 is 0 Å². The summed E-state index contributed by atoms with van der Waals surface area (Å²) in [5, 5.41) is 0. The van der Waals surface area contributed by atoms with E-state index in [9.17, 15) is 4.79 Å². The van der Waals surface area contributed by atoms with Crippen LogP contribution in [0, 0.1) is 34.6 Å². The smallest absolute Gasteiger partial charge is 0.229 e. The molecule has 4 heteroatoms. The van der Waals surface area contributed by atoms with Gasteiger partial charge in [-0.25, -0.2) is 4.98 Å². The average Bonchev–Trinajstić information content (AvgIpc) is 3.03. The van der Waals surface area contributed by atoms with Crippen molar-refractivity contribution in [2.24, 2.45) is 0 Å². The van der Waals surface area contributed by atoms with E-state index in [-0.39, 0.29) is 5.91 Å². The van der Waals surface area contributed by atoms with E-state index < -0.39 is 0 Å². The molecule has 0 unspecified atom stereocenters. The second-order valence-electron chi connectivity index (χ2n) is 8.06. The SMILES string of the molecule is CC(=O)N(c1c(C)cccc1C)c1c(-c2ccccc2C)nc2cc(C)cc(C)n12. The fourth-order valence-electron chi connectivity index (χ4n) is 4.31. The number of imidazole rings is 1. The van der Waals surface area contributed by atoms with E-state index in [0.29, 0.717) is 0 Å². The summed E-state index contributed by atoms with van der Waals surface area (Å²) in [6.45, 7) is 11.9. The molecule has 4 nitrogen and oxygen atoms in total. The molecule has 2 heterocycles. The molecule has 2 aromatic carbocycles. The van der Waals surface area contributed by atoms with Gasteiger partial charge in [-0.2, -0.15) is 0 Å². The summed E-state index contributed by atoms with van der Waals surface area (Å²) in [4.78, 5) is 20.0. The first-order chi connectivity index (χ1) is 14.3. The molecule has 0 atom stereocenters. The van der Waals surface area contributed by atoms with Gasteiger partial charge in [0.25, 0.3) is 0 Å². The van der Waals surface area contributed by atoms with Crippen molar-refractivity contribution < 1.29 is 4.79 Å². The van der Waals surface area contributed by atoms with Crippen molar-refractivity contribution in [2.45, 2.75) is 41.5 Å². The maximum absolute atomic E-state index is 13.1. The zero-order valence-corrected chi connectivity index (χ0v) is 18.4. The molecule has 0 aliphatic carbocycles. The summed E-state index contributed by atoms with van der Waals surface area (Å²) in [6, 6.07) is 18.5. The van der Waals surface area contributed by atoms with Crippen LogP contribution in [0.4, 0.5) is 11.5 Å². The lowest BCUT2D eigenvalue weighted by Gasteiger charge is -2.26. The number of hydrogen-bond donors (Lipinski definition) is 0. The topological polar surface area (TPSA) is 37.6 Å². The number of carbonyl (C=O) groups is 1. The third-order valence-corrected chi connectivity index (χ3v) is 5.62. The first kappa shape index (κ1) is 19.9. The molecular formula is C26H27N3O. The highest BCUT2D eigenvalue weighted by Gasteiger charge is 2.27. The van der Waals surface area contributed by atoms with Crippen LogP contribution in [-0.4, -0.2) is 15.3 Å². The van der Waals surface area contributed by atoms with Crippen LogP contribution < -0.4 is 4.90 Å². The molecular weight excluding hydrogens is 370 g/mol. The Morgan fingerprint density at radius 1 is 0.867 bits per heavy atom. The highest BCUT2D eigenvalue weighted by atomic mass is 16.2. The van der Waals surface area contributed by atoms with Crippen molar-refractivity contribution in [1.82, 2.24) is 9.38 Å². The minimum atomic E-state index is -0.0380. The van der Waals surface area contributed by atoms with Crippen LogP contribution in [-0.2, 0) is 4.79 Å². The minimum Gasteiger partial charge on any atom is -0.282 e. The minimum absolute atomic E-state index is 0.0380. The monoisotopic (exact) mass is 397 g/mol. The van der Waals surface area contributed by atoms with Gasteiger partial charge in [-0.3, -0.25) is 14.1 Å². The van der Waals surface area contributed by atoms with Gasteiger partial charge in [-0.05, 0) is 69.0 Å². The summed E-state index contributed by atoms with van der Waals surface area (Å²) in [7, 11) is 0. The van der Waals surface area contributed by atoms with Gasteiger partial charge in [0.2, 0.25) is 5.91 Å². The molecule has 0 radical (unpaired) electrons. The van der Waals surface area contributed by atoms with Crippen LogP contribution in [0.5, 0.6) is 0 Å². The fraction of sp³-hybridized carbons (Fsp3) is 0.231. The number of pyridine rings is 1. The largest absolute Gasteiger partial charge is 0.282 e. The summed E-state index contributed by atoms with van der Waals surface area (Å²) in [5.74, 6) is 0.755. The molecule has 1 amide bonds. The Bertz CT molecular complexity index is 1260. The second-order valence-corrected chi connectivity index (χ2v) is 8.06. The number of amides is 1. The number of nitrogens with zero attached hydrogens (tertiary/aromatic N) is 3. The Kier molecular flexibility index (Phi) is 4.94. The van der Waals surface area contributed by atoms with Crippen molar-refractivity contribution in [3.8, 4) is 11.3 Å². The number of carbonyl (C=O) groups excluding carboxylic acids is 1. The summed E-state index contributed by atoms with van der Waals surface area (Å²) in [6.07, 6.45) is 0. The molecule has 0 N–H and O–H groups in total. The summed E-state index contributed by atoms with van der Waals surface area (Å²) >= 11 is 0. The molecule has 30 heavy (non-hydrogen) atoms. The fourth-order valence-corrected chi connectivity index (χ4v) is 4.31. The Hall–Kier alpha value is -3.40. The van der Waals surface area contributed by atoms with Gasteiger partial charge in [-0.1, -0.05) is 42.5 Å². The molecule has 0 saturated carbocycles. The molecule has 0 bridgehead atoms. The van der Waals surface area contributed by atoms with E-state index in [0.717, 1.165) is 56.4 Å². The maximum Gasteiger partial charge on any atom is 0.229 e. The zero-order chi connectivity index (χ0) is 21.6. The van der Waals surface area contributed by atoms with Crippen LogP contribution in [0.25, 0.3) is 16.9 Å². The Balaban J connectivity index is 2.16. The maximum atomic E-state index is 13.1. The Morgan fingerprint density at radius 3 is 2.13 bits per heavy atom. The highest BCUT2D eigenvalue weighted by Crippen LogP contribution is 2.40. The lowest BCUT2D eigenvalue weighted by Crippen LogP contribution is -2.26. The molecule has 4 aromatic rings. The first-order valence-corrected chi connectivity index (χ1v) is 10.2. The van der Waals surface area contributed by atoms with E-state index >= 15 is 0 Å². The molecule has 0 aliphatic heterocycles. The van der Waals surface area contributed by atoms with Gasteiger partial charge in [0.1, 0.15) is 11.3 Å². The van der Waals surface area contributed by atoms with Gasteiger partial charge in [-0.15, -0.1) is 0 Å². The molecule has 4 rings (SSSR count). The van der Waals surface area contributed by atoms with Gasteiger partial charge >= 0.3 is 0 Å². The number of anilines is 2. The predicted octanol–water partition coefficient (Wildman–Crippen LogP) is 6.23. The van der Waals surface area contributed by atoms with Crippen molar-refractivity contribution in [3.63, 3.8) is 0 Å². The molecule has 0 saturated heterocycles. The first-order valence-electron chi connectivity index (χ1n) is 10.2. The number of aromatic nitrogens is 2. The Morgan fingerprint density at radius 2 is 1.50 bits per heavy atom. The number of fused-ring (bicyclic) bond motifs is 1. The molecule has 152 valence electrons. The predicted molar refractivity (Wildman–Crippen MR) is 124 cm³/mol.